The normalized spacial score (nSPS) is 21.1. The number of nitrogens with zero attached hydrogens (tertiary/aromatic N) is 3. The highest BCUT2D eigenvalue weighted by molar-refractivity contribution is 6.10. The fourth-order valence-corrected chi connectivity index (χ4v) is 10.5. The topological polar surface area (TPSA) is 48.6 Å². The molecule has 5 aromatic carbocycles. The maximum Gasteiger partial charge on any atom is 0.217 e. The Labute approximate surface area is 371 Å². The van der Waals surface area contributed by atoms with Crippen LogP contribution in [0.2, 0.25) is 0 Å². The van der Waals surface area contributed by atoms with Gasteiger partial charge in [-0.05, 0) is 156 Å². The number of aromatic nitrogens is 2. The molecule has 0 spiro atoms. The van der Waals surface area contributed by atoms with E-state index in [-0.39, 0.29) is 22.7 Å². The third kappa shape index (κ3) is 5.72. The molecule has 0 amide bonds. The lowest BCUT2D eigenvalue weighted by atomic mass is 9.72. The first-order chi connectivity index (χ1) is 30.0. The third-order valence-electron chi connectivity index (χ3n) is 14.6. The summed E-state index contributed by atoms with van der Waals surface area (Å²) in [5.41, 5.74) is 14.5. The lowest BCUT2D eigenvalue weighted by molar-refractivity contribution is 0.0450. The minimum Gasteiger partial charge on any atom is -0.464 e. The van der Waals surface area contributed by atoms with E-state index in [4.69, 9.17) is 19.5 Å². The molecule has 1 aliphatic carbocycles. The van der Waals surface area contributed by atoms with Crippen LogP contribution in [-0.4, -0.2) is 21.0 Å². The van der Waals surface area contributed by atoms with Gasteiger partial charge in [-0.1, -0.05) is 98.7 Å². The van der Waals surface area contributed by atoms with E-state index in [0.29, 0.717) is 17.2 Å². The molecule has 316 valence electrons. The minimum atomic E-state index is -1.77. The molecular formula is C57H61N3O2. The smallest absolute Gasteiger partial charge is 0.217 e. The molecule has 10 rings (SSSR count). The maximum absolute atomic E-state index is 9.66. The predicted molar refractivity (Wildman–Crippen MR) is 257 cm³/mol. The second-order valence-electron chi connectivity index (χ2n) is 20.8. The quantitative estimate of drug-likeness (QED) is 0.168. The van der Waals surface area contributed by atoms with Crippen molar-refractivity contribution in [3.8, 4) is 28.3 Å². The summed E-state index contributed by atoms with van der Waals surface area (Å²) in [6.45, 7) is 30.7. The van der Waals surface area contributed by atoms with Crippen LogP contribution in [0.1, 0.15) is 152 Å². The Balaban J connectivity index is 1.18. The van der Waals surface area contributed by atoms with E-state index < -0.39 is 17.5 Å². The molecule has 5 nitrogen and oxygen atoms in total. The number of benzene rings is 5. The summed E-state index contributed by atoms with van der Waals surface area (Å²) in [4.78, 5) is 10.3. The summed E-state index contributed by atoms with van der Waals surface area (Å²) >= 11 is 0. The van der Waals surface area contributed by atoms with Crippen LogP contribution in [0.15, 0.2) is 96.1 Å². The Kier molecular flexibility index (Phi) is 8.23. The number of pyridine rings is 1. The Morgan fingerprint density at radius 1 is 0.758 bits per heavy atom. The molecule has 0 fully saturated rings. The monoisotopic (exact) mass is 821 g/mol. The highest BCUT2D eigenvalue weighted by atomic mass is 16.5. The second kappa shape index (κ2) is 13.4. The Morgan fingerprint density at radius 2 is 1.47 bits per heavy atom. The second-order valence-corrected chi connectivity index (χ2v) is 20.8. The molecule has 5 heteroatoms. The van der Waals surface area contributed by atoms with E-state index in [1.807, 2.05) is 52.1 Å². The maximum atomic E-state index is 9.66. The lowest BCUT2D eigenvalue weighted by Crippen LogP contribution is -2.40. The van der Waals surface area contributed by atoms with Crippen LogP contribution in [0.25, 0.3) is 38.8 Å². The van der Waals surface area contributed by atoms with Crippen molar-refractivity contribution in [2.45, 2.75) is 137 Å². The molecule has 3 aliphatic rings. The van der Waals surface area contributed by atoms with Crippen molar-refractivity contribution in [2.24, 2.45) is 4.99 Å². The van der Waals surface area contributed by atoms with Gasteiger partial charge in [-0.2, -0.15) is 0 Å². The molecule has 0 radical (unpaired) electrons. The molecule has 2 atom stereocenters. The predicted octanol–water partition coefficient (Wildman–Crippen LogP) is 14.8. The first-order valence-corrected chi connectivity index (χ1v) is 22.5. The first kappa shape index (κ1) is 38.0. The Bertz CT molecular complexity index is 3150. The number of hydrogen-bond acceptors (Lipinski definition) is 4. The fourth-order valence-electron chi connectivity index (χ4n) is 10.5. The summed E-state index contributed by atoms with van der Waals surface area (Å²) in [5, 5.41) is 2.36. The lowest BCUT2D eigenvalue weighted by Gasteiger charge is -2.36. The molecule has 0 unspecified atom stereocenters. The van der Waals surface area contributed by atoms with E-state index in [1.54, 1.807) is 0 Å². The molecule has 0 saturated heterocycles. The zero-order chi connectivity index (χ0) is 45.8. The van der Waals surface area contributed by atoms with Gasteiger partial charge in [0.25, 0.3) is 0 Å². The molecule has 7 aromatic rings. The van der Waals surface area contributed by atoms with Crippen LogP contribution in [0.5, 0.6) is 11.5 Å². The van der Waals surface area contributed by atoms with E-state index in [9.17, 15) is 2.74 Å². The number of aliphatic imine (C=N–C) groups is 1. The molecule has 2 aliphatic heterocycles. The third-order valence-corrected chi connectivity index (χ3v) is 14.6. The van der Waals surface area contributed by atoms with E-state index in [1.165, 1.54) is 44.3 Å². The van der Waals surface area contributed by atoms with Crippen LogP contribution < -0.4 is 4.74 Å². The first-order valence-electron chi connectivity index (χ1n) is 23.5. The van der Waals surface area contributed by atoms with Gasteiger partial charge in [0, 0.05) is 48.7 Å². The largest absolute Gasteiger partial charge is 0.464 e. The Hall–Kier alpha value is -5.68. The van der Waals surface area contributed by atoms with Crippen molar-refractivity contribution in [3.63, 3.8) is 0 Å². The van der Waals surface area contributed by atoms with Crippen LogP contribution in [0.4, 0.5) is 0 Å². The van der Waals surface area contributed by atoms with Gasteiger partial charge in [-0.15, -0.1) is 0 Å². The van der Waals surface area contributed by atoms with Gasteiger partial charge in [0.2, 0.25) is 5.90 Å². The van der Waals surface area contributed by atoms with Crippen molar-refractivity contribution < 1.29 is 12.2 Å². The summed E-state index contributed by atoms with van der Waals surface area (Å²) in [5.74, 6) is 2.36. The summed E-state index contributed by atoms with van der Waals surface area (Å²) < 4.78 is 35.9. The molecule has 2 aromatic heterocycles. The van der Waals surface area contributed by atoms with Crippen molar-refractivity contribution in [3.05, 3.63) is 152 Å². The highest BCUT2D eigenvalue weighted by Crippen LogP contribution is 2.55. The van der Waals surface area contributed by atoms with Crippen molar-refractivity contribution in [1.29, 1.82) is 0 Å². The van der Waals surface area contributed by atoms with E-state index in [2.05, 4.69) is 141 Å². The van der Waals surface area contributed by atoms with Crippen LogP contribution in [0.3, 0.4) is 0 Å². The van der Waals surface area contributed by atoms with Crippen LogP contribution in [-0.2, 0) is 27.5 Å². The summed E-state index contributed by atoms with van der Waals surface area (Å²) in [6.07, 6.45) is 0.118. The number of aryl methyl sites for hydroxylation is 2. The zero-order valence-electron chi connectivity index (χ0n) is 41.0. The average Bonchev–Trinajstić information content (AvgIpc) is 3.76. The van der Waals surface area contributed by atoms with Crippen molar-refractivity contribution in [2.75, 3.05) is 0 Å². The Morgan fingerprint density at radius 3 is 2.16 bits per heavy atom. The molecular weight excluding hydrogens is 759 g/mol. The van der Waals surface area contributed by atoms with Gasteiger partial charge >= 0.3 is 0 Å². The zero-order valence-corrected chi connectivity index (χ0v) is 39.0. The molecule has 0 saturated carbocycles. The number of fused-ring (bicyclic) bond motifs is 8. The summed E-state index contributed by atoms with van der Waals surface area (Å²) in [7, 11) is 0. The van der Waals surface area contributed by atoms with Gasteiger partial charge in [0.05, 0.1) is 11.2 Å². The van der Waals surface area contributed by atoms with Crippen LogP contribution in [0, 0.1) is 20.8 Å². The minimum absolute atomic E-state index is 0.0260. The van der Waals surface area contributed by atoms with E-state index >= 15 is 0 Å². The SMILES string of the molecule is [2H]C1([2H])c2c(ccc(C)c2C)[C@]2(C)OC(c3cc(Oc4cc5c(cc4C)C(C)(C)c4cc(C(C)(C)C)cc6c7cccnc7n-5c46)cc(-c4c(C(C)C)cccc4C(C)C)c3)=N[C@]12C. The van der Waals surface area contributed by atoms with Crippen molar-refractivity contribution in [1.82, 2.24) is 9.55 Å². The van der Waals surface area contributed by atoms with Gasteiger partial charge in [-0.3, -0.25) is 4.57 Å². The molecule has 0 N–H and O–H groups in total. The molecule has 0 bridgehead atoms. The molecule has 62 heavy (non-hydrogen) atoms. The number of hydrogen-bond donors (Lipinski definition) is 0. The summed E-state index contributed by atoms with van der Waals surface area (Å²) in [6, 6.07) is 30.7. The van der Waals surface area contributed by atoms with Gasteiger partial charge < -0.3 is 9.47 Å². The number of ether oxygens (including phenoxy) is 2. The fraction of sp³-hybridized carbons (Fsp3) is 0.368. The van der Waals surface area contributed by atoms with E-state index in [0.717, 1.165) is 55.9 Å². The van der Waals surface area contributed by atoms with Gasteiger partial charge in [0.15, 0.2) is 5.60 Å². The van der Waals surface area contributed by atoms with Crippen molar-refractivity contribution >= 4 is 27.8 Å². The average molecular weight is 822 g/mol. The van der Waals surface area contributed by atoms with Gasteiger partial charge in [0.1, 0.15) is 22.7 Å². The standard InChI is InChI=1S/C57H61N3O2/c1-31(2)40-17-15-18-41(32(3)4)50(40)36-24-37(53-59-56(13)30-44-35(7)33(5)20-21-45(44)57(56,14)62-53)26-39(25-36)61-49-29-48-46(23-34(49)6)55(11,12)47-28-38(54(8,9)10)27-43-42-19-16-22-58-52(42)60(48)51(43)47/h15-29,31-32H,30H2,1-14H3/t56-,57+/m1/s1/i30D2. The van der Waals surface area contributed by atoms with Gasteiger partial charge in [-0.25, -0.2) is 9.98 Å². The van der Waals surface area contributed by atoms with Crippen LogP contribution >= 0.6 is 0 Å². The number of rotatable bonds is 6. The molecule has 4 heterocycles. The highest BCUT2D eigenvalue weighted by Gasteiger charge is 2.59.